The maximum absolute atomic E-state index is 11.9. The van der Waals surface area contributed by atoms with Crippen molar-refractivity contribution in [1.29, 1.82) is 0 Å². The molecule has 0 unspecified atom stereocenters. The maximum Gasteiger partial charge on any atom is 0.341 e. The summed E-state index contributed by atoms with van der Waals surface area (Å²) in [5, 5.41) is 0.853. The third-order valence-corrected chi connectivity index (χ3v) is 2.52. The van der Waals surface area contributed by atoms with Crippen molar-refractivity contribution < 1.29 is 14.4 Å². The molecule has 0 spiro atoms. The Labute approximate surface area is 117 Å². The topological polar surface area (TPSA) is 83.7 Å². The summed E-state index contributed by atoms with van der Waals surface area (Å²) in [4.78, 5) is 34.9. The minimum absolute atomic E-state index is 0.226. The Kier molecular flexibility index (Phi) is 6.12. The highest BCUT2D eigenvalue weighted by molar-refractivity contribution is 6.03. The number of imide groups is 1. The van der Waals surface area contributed by atoms with Gasteiger partial charge in [-0.3, -0.25) is 19.5 Å². The van der Waals surface area contributed by atoms with E-state index in [0.717, 1.165) is 15.5 Å². The summed E-state index contributed by atoms with van der Waals surface area (Å²) in [6.07, 6.45) is 4.30. The summed E-state index contributed by atoms with van der Waals surface area (Å²) in [7, 11) is 0. The van der Waals surface area contributed by atoms with Crippen LogP contribution in [0.3, 0.4) is 0 Å². The Bertz CT molecular complexity index is 500. The zero-order chi connectivity index (χ0) is 15.0. The number of benzene rings is 1. The molecular formula is C14H16N3O3. The van der Waals surface area contributed by atoms with E-state index in [2.05, 4.69) is 0 Å². The number of carbonyl (C=O) groups excluding carboxylic acids is 3. The SMILES string of the molecule is CCN(N)C(=O)N(C[C]=O)C(=O)/C=C/c1ccccc1. The molecule has 6 heteroatoms. The van der Waals surface area contributed by atoms with Gasteiger partial charge in [-0.25, -0.2) is 10.6 Å². The van der Waals surface area contributed by atoms with Crippen LogP contribution in [0.25, 0.3) is 6.08 Å². The lowest BCUT2D eigenvalue weighted by Gasteiger charge is -2.22. The van der Waals surface area contributed by atoms with Crippen LogP contribution < -0.4 is 5.84 Å². The standard InChI is InChI=1S/C14H16N3O3/c1-2-17(15)14(20)16(10-11-18)13(19)9-8-12-6-4-3-5-7-12/h3-9H,2,10,15H2,1H3/b9-8+. The van der Waals surface area contributed by atoms with Crippen molar-refractivity contribution in [2.24, 2.45) is 5.84 Å². The van der Waals surface area contributed by atoms with Crippen LogP contribution in [0.4, 0.5) is 4.79 Å². The first-order valence-corrected chi connectivity index (χ1v) is 6.06. The van der Waals surface area contributed by atoms with Crippen molar-refractivity contribution in [2.75, 3.05) is 13.1 Å². The van der Waals surface area contributed by atoms with Gasteiger partial charge in [-0.2, -0.15) is 0 Å². The zero-order valence-corrected chi connectivity index (χ0v) is 11.2. The number of nitrogens with two attached hydrogens (primary N) is 1. The van der Waals surface area contributed by atoms with E-state index >= 15 is 0 Å². The van der Waals surface area contributed by atoms with Crippen molar-refractivity contribution in [3.63, 3.8) is 0 Å². The summed E-state index contributed by atoms with van der Waals surface area (Å²) >= 11 is 0. The Morgan fingerprint density at radius 3 is 2.50 bits per heavy atom. The number of hydrazine groups is 1. The van der Waals surface area contributed by atoms with Gasteiger partial charge in [-0.05, 0) is 18.6 Å². The van der Waals surface area contributed by atoms with Gasteiger partial charge in [0.25, 0.3) is 5.91 Å². The molecule has 0 aliphatic rings. The summed E-state index contributed by atoms with van der Waals surface area (Å²) in [6.45, 7) is 1.43. The molecular weight excluding hydrogens is 258 g/mol. The molecule has 105 valence electrons. The second-order valence-electron chi connectivity index (χ2n) is 3.88. The number of carbonyl (C=O) groups is 2. The van der Waals surface area contributed by atoms with Gasteiger partial charge in [0.15, 0.2) is 0 Å². The lowest BCUT2D eigenvalue weighted by atomic mass is 10.2. The first kappa shape index (κ1) is 15.6. The van der Waals surface area contributed by atoms with Crippen molar-refractivity contribution in [3.05, 3.63) is 42.0 Å². The molecule has 1 radical (unpaired) electrons. The van der Waals surface area contributed by atoms with Gasteiger partial charge in [0, 0.05) is 12.6 Å². The molecule has 0 aliphatic carbocycles. The van der Waals surface area contributed by atoms with Gasteiger partial charge in [-0.15, -0.1) is 0 Å². The highest BCUT2D eigenvalue weighted by atomic mass is 16.2. The number of hydrogen-bond donors (Lipinski definition) is 1. The van der Waals surface area contributed by atoms with Crippen LogP contribution in [-0.2, 0) is 9.59 Å². The molecule has 20 heavy (non-hydrogen) atoms. The molecule has 0 aromatic heterocycles. The van der Waals surface area contributed by atoms with Gasteiger partial charge in [0.05, 0.1) is 6.54 Å². The predicted molar refractivity (Wildman–Crippen MR) is 74.8 cm³/mol. The molecule has 0 fully saturated rings. The highest BCUT2D eigenvalue weighted by Gasteiger charge is 2.22. The Balaban J connectivity index is 2.81. The van der Waals surface area contributed by atoms with Crippen LogP contribution in [0.15, 0.2) is 36.4 Å². The van der Waals surface area contributed by atoms with E-state index < -0.39 is 18.5 Å². The van der Waals surface area contributed by atoms with Crippen LogP contribution in [0, 0.1) is 0 Å². The smallest absolute Gasteiger partial charge is 0.289 e. The fraction of sp³-hybridized carbons (Fsp3) is 0.214. The van der Waals surface area contributed by atoms with Crippen molar-refractivity contribution in [2.45, 2.75) is 6.92 Å². The average molecular weight is 274 g/mol. The van der Waals surface area contributed by atoms with Crippen molar-refractivity contribution in [1.82, 2.24) is 9.91 Å². The first-order valence-electron chi connectivity index (χ1n) is 6.06. The third-order valence-electron chi connectivity index (χ3n) is 2.52. The highest BCUT2D eigenvalue weighted by Crippen LogP contribution is 2.03. The van der Waals surface area contributed by atoms with E-state index in [4.69, 9.17) is 5.84 Å². The molecule has 1 rings (SSSR count). The van der Waals surface area contributed by atoms with E-state index in [1.165, 1.54) is 12.4 Å². The van der Waals surface area contributed by atoms with Crippen LogP contribution >= 0.6 is 0 Å². The van der Waals surface area contributed by atoms with Crippen LogP contribution in [0.2, 0.25) is 0 Å². The van der Waals surface area contributed by atoms with E-state index in [1.54, 1.807) is 13.0 Å². The molecule has 1 aromatic carbocycles. The van der Waals surface area contributed by atoms with E-state index in [-0.39, 0.29) is 6.54 Å². The van der Waals surface area contributed by atoms with E-state index in [0.29, 0.717) is 0 Å². The number of urea groups is 1. The van der Waals surface area contributed by atoms with Gasteiger partial charge in [-0.1, -0.05) is 30.3 Å². The second-order valence-corrected chi connectivity index (χ2v) is 3.88. The summed E-state index contributed by atoms with van der Waals surface area (Å²) in [5.74, 6) is 4.81. The molecule has 2 N–H and O–H groups in total. The minimum atomic E-state index is -0.737. The number of amides is 3. The molecule has 6 nitrogen and oxygen atoms in total. The van der Waals surface area contributed by atoms with E-state index in [1.807, 2.05) is 30.3 Å². The van der Waals surface area contributed by atoms with Gasteiger partial charge in [0.2, 0.25) is 6.29 Å². The van der Waals surface area contributed by atoms with Crippen molar-refractivity contribution >= 4 is 24.3 Å². The molecule has 1 aromatic rings. The maximum atomic E-state index is 11.9. The monoisotopic (exact) mass is 274 g/mol. The predicted octanol–water partition coefficient (Wildman–Crippen LogP) is 0.954. The number of nitrogens with zero attached hydrogens (tertiary/aromatic N) is 2. The molecule has 0 bridgehead atoms. The quantitative estimate of drug-likeness (QED) is 0.375. The second kappa shape index (κ2) is 7.85. The normalized spacial score (nSPS) is 10.3. The largest absolute Gasteiger partial charge is 0.341 e. The van der Waals surface area contributed by atoms with E-state index in [9.17, 15) is 14.4 Å². The van der Waals surface area contributed by atoms with Crippen molar-refractivity contribution in [3.8, 4) is 0 Å². The third kappa shape index (κ3) is 4.33. The lowest BCUT2D eigenvalue weighted by Crippen LogP contribution is -2.49. The summed E-state index contributed by atoms with van der Waals surface area (Å²) in [6, 6.07) is 8.38. The van der Waals surface area contributed by atoms with Gasteiger partial charge >= 0.3 is 6.03 Å². The van der Waals surface area contributed by atoms with Crippen LogP contribution in [0.1, 0.15) is 12.5 Å². The van der Waals surface area contributed by atoms with Crippen LogP contribution in [-0.4, -0.2) is 41.2 Å². The Morgan fingerprint density at radius 1 is 1.30 bits per heavy atom. The van der Waals surface area contributed by atoms with Crippen LogP contribution in [0.5, 0.6) is 0 Å². The number of rotatable bonds is 5. The van der Waals surface area contributed by atoms with Gasteiger partial charge < -0.3 is 0 Å². The summed E-state index contributed by atoms with van der Waals surface area (Å²) < 4.78 is 0. The number of hydrogen-bond acceptors (Lipinski definition) is 4. The Morgan fingerprint density at radius 2 is 1.95 bits per heavy atom. The Hall–Kier alpha value is -2.47. The molecule has 0 aliphatic heterocycles. The average Bonchev–Trinajstić information content (AvgIpc) is 2.49. The molecule has 0 atom stereocenters. The minimum Gasteiger partial charge on any atom is -0.289 e. The fourth-order valence-electron chi connectivity index (χ4n) is 1.42. The van der Waals surface area contributed by atoms with Gasteiger partial charge in [0.1, 0.15) is 0 Å². The fourth-order valence-corrected chi connectivity index (χ4v) is 1.42. The summed E-state index contributed by atoms with van der Waals surface area (Å²) in [5.41, 5.74) is 0.809. The molecule has 0 saturated heterocycles. The first-order chi connectivity index (χ1) is 9.60. The molecule has 0 saturated carbocycles. The lowest BCUT2D eigenvalue weighted by molar-refractivity contribution is -0.123. The molecule has 3 amide bonds. The molecule has 0 heterocycles. The zero-order valence-electron chi connectivity index (χ0n) is 11.2.